The third-order valence-electron chi connectivity index (χ3n) is 4.36. The van der Waals surface area contributed by atoms with E-state index in [4.69, 9.17) is 0 Å². The minimum Gasteiger partial charge on any atom is -0.0964 e. The molecule has 0 nitrogen and oxygen atoms in total. The van der Waals surface area contributed by atoms with Crippen molar-refractivity contribution in [2.75, 3.05) is 24.6 Å². The Morgan fingerprint density at radius 2 is 1.06 bits per heavy atom. The Labute approximate surface area is 105 Å². The van der Waals surface area contributed by atoms with Gasteiger partial charge in [-0.1, -0.05) is 62.8 Å². The number of hydrogen-bond acceptors (Lipinski definition) is 0. The van der Waals surface area contributed by atoms with Crippen molar-refractivity contribution >= 4 is 15.8 Å². The second-order valence-electron chi connectivity index (χ2n) is 4.89. The van der Waals surface area contributed by atoms with Crippen molar-refractivity contribution in [3.8, 4) is 0 Å². The van der Waals surface area contributed by atoms with Gasteiger partial charge < -0.3 is 0 Å². The normalized spacial score (nSPS) is 20.6. The monoisotopic (exact) mass is 260 g/mol. The van der Waals surface area contributed by atoms with Crippen LogP contribution in [0.15, 0.2) is 0 Å². The first-order valence-corrected chi connectivity index (χ1v) is 10.7. The molecule has 0 aromatic carbocycles. The van der Waals surface area contributed by atoms with E-state index in [9.17, 15) is 0 Å². The molecule has 0 unspecified atom stereocenters. The van der Waals surface area contributed by atoms with E-state index >= 15 is 0 Å². The minimum absolute atomic E-state index is 0.319. The zero-order valence-electron chi connectivity index (χ0n) is 11.8. The van der Waals surface area contributed by atoms with Gasteiger partial charge in [0.2, 0.25) is 0 Å². The van der Waals surface area contributed by atoms with Crippen LogP contribution in [-0.4, -0.2) is 29.5 Å². The second kappa shape index (κ2) is 7.33. The number of rotatable bonds is 6. The zero-order valence-corrected chi connectivity index (χ0v) is 13.5. The van der Waals surface area contributed by atoms with E-state index in [2.05, 4.69) is 27.7 Å². The maximum absolute atomic E-state index is 2.45. The molecule has 1 saturated carbocycles. The SMILES string of the molecule is CCP(CC)C1(P(CC)CC)CCCCC1. The highest BCUT2D eigenvalue weighted by Crippen LogP contribution is 2.71. The second-order valence-corrected chi connectivity index (χ2v) is 11.6. The van der Waals surface area contributed by atoms with Crippen LogP contribution in [-0.2, 0) is 0 Å². The third-order valence-corrected chi connectivity index (χ3v) is 12.4. The molecule has 1 aliphatic rings. The highest BCUT2D eigenvalue weighted by molar-refractivity contribution is 7.77. The lowest BCUT2D eigenvalue weighted by Crippen LogP contribution is -2.30. The fraction of sp³-hybridized carbons (Fsp3) is 1.00. The van der Waals surface area contributed by atoms with E-state index in [-0.39, 0.29) is 0 Å². The predicted octanol–water partition coefficient (Wildman–Crippen LogP) is 5.69. The molecule has 1 fully saturated rings. The van der Waals surface area contributed by atoms with Crippen molar-refractivity contribution in [1.29, 1.82) is 0 Å². The molecule has 1 aliphatic carbocycles. The Bertz CT molecular complexity index is 163. The first kappa shape index (κ1) is 14.9. The first-order valence-electron chi connectivity index (χ1n) is 7.25. The molecule has 2 heteroatoms. The Morgan fingerprint density at radius 3 is 1.38 bits per heavy atom. The van der Waals surface area contributed by atoms with Gasteiger partial charge in [-0.15, -0.1) is 0 Å². The molecule has 0 heterocycles. The molecule has 96 valence electrons. The van der Waals surface area contributed by atoms with Gasteiger partial charge in [0.15, 0.2) is 0 Å². The van der Waals surface area contributed by atoms with Crippen molar-refractivity contribution < 1.29 is 0 Å². The molecular formula is C14H30P2. The van der Waals surface area contributed by atoms with Crippen LogP contribution in [0.5, 0.6) is 0 Å². The van der Waals surface area contributed by atoms with E-state index in [0.29, 0.717) is 15.8 Å². The minimum atomic E-state index is 0.319. The van der Waals surface area contributed by atoms with E-state index in [1.807, 2.05) is 0 Å². The molecule has 0 atom stereocenters. The number of hydrogen-bond donors (Lipinski definition) is 0. The summed E-state index contributed by atoms with van der Waals surface area (Å²) in [6.45, 7) is 9.80. The van der Waals surface area contributed by atoms with E-state index in [1.165, 1.54) is 43.9 Å². The fourth-order valence-corrected chi connectivity index (χ4v) is 12.0. The lowest BCUT2D eigenvalue weighted by Gasteiger charge is -2.49. The molecule has 0 aliphatic heterocycles. The summed E-state index contributed by atoms with van der Waals surface area (Å²) < 4.78 is 0. The van der Waals surface area contributed by atoms with Crippen LogP contribution in [0.4, 0.5) is 0 Å². The summed E-state index contributed by atoms with van der Waals surface area (Å²) in [4.78, 5) is 0.843. The molecule has 0 bridgehead atoms. The molecule has 1 rings (SSSR count). The molecule has 0 radical (unpaired) electrons. The first-order chi connectivity index (χ1) is 7.75. The predicted molar refractivity (Wildman–Crippen MR) is 81.8 cm³/mol. The van der Waals surface area contributed by atoms with Gasteiger partial charge in [-0.25, -0.2) is 0 Å². The average Bonchev–Trinajstić information content (AvgIpc) is 2.33. The maximum atomic E-state index is 2.45. The van der Waals surface area contributed by atoms with Crippen molar-refractivity contribution in [1.82, 2.24) is 0 Å². The highest BCUT2D eigenvalue weighted by atomic mass is 31.2. The Kier molecular flexibility index (Phi) is 6.83. The third kappa shape index (κ3) is 3.00. The molecule has 0 aromatic heterocycles. The van der Waals surface area contributed by atoms with Gasteiger partial charge in [0.1, 0.15) is 0 Å². The summed E-state index contributed by atoms with van der Waals surface area (Å²) in [6, 6.07) is 0. The van der Waals surface area contributed by atoms with Crippen LogP contribution in [0, 0.1) is 0 Å². The Morgan fingerprint density at radius 1 is 0.688 bits per heavy atom. The van der Waals surface area contributed by atoms with Crippen molar-refractivity contribution in [2.45, 2.75) is 64.7 Å². The van der Waals surface area contributed by atoms with E-state index in [0.717, 1.165) is 4.90 Å². The largest absolute Gasteiger partial charge is 0.0964 e. The molecule has 0 aromatic rings. The van der Waals surface area contributed by atoms with Gasteiger partial charge in [-0.2, -0.15) is 0 Å². The lowest BCUT2D eigenvalue weighted by molar-refractivity contribution is 0.478. The molecule has 0 spiro atoms. The van der Waals surface area contributed by atoms with Gasteiger partial charge in [0, 0.05) is 4.90 Å². The van der Waals surface area contributed by atoms with Crippen LogP contribution >= 0.6 is 15.8 Å². The summed E-state index contributed by atoms with van der Waals surface area (Å²) in [5.41, 5.74) is 0. The standard InChI is InChI=1S/C14H30P2/c1-5-15(6-2)14(16(7-3)8-4)12-10-9-11-13-14/h5-13H2,1-4H3. The Balaban J connectivity index is 2.89. The molecule has 0 N–H and O–H groups in total. The maximum Gasteiger partial charge on any atom is 0.0106 e. The summed E-state index contributed by atoms with van der Waals surface area (Å²) in [6.07, 6.45) is 13.6. The fourth-order valence-electron chi connectivity index (χ4n) is 3.57. The van der Waals surface area contributed by atoms with Crippen LogP contribution in [0.2, 0.25) is 0 Å². The molecular weight excluding hydrogens is 230 g/mol. The molecule has 0 saturated heterocycles. The quantitative estimate of drug-likeness (QED) is 0.538. The molecule has 0 amide bonds. The van der Waals surface area contributed by atoms with Gasteiger partial charge in [0.05, 0.1) is 0 Å². The summed E-state index contributed by atoms with van der Waals surface area (Å²) >= 11 is 0. The van der Waals surface area contributed by atoms with Crippen molar-refractivity contribution in [3.63, 3.8) is 0 Å². The van der Waals surface area contributed by atoms with Crippen molar-refractivity contribution in [2.24, 2.45) is 0 Å². The smallest absolute Gasteiger partial charge is 0.0106 e. The summed E-state index contributed by atoms with van der Waals surface area (Å²) in [5.74, 6) is 0. The van der Waals surface area contributed by atoms with Crippen LogP contribution in [0.3, 0.4) is 0 Å². The van der Waals surface area contributed by atoms with Crippen LogP contribution in [0.1, 0.15) is 59.8 Å². The lowest BCUT2D eigenvalue weighted by atomic mass is 9.99. The summed E-state index contributed by atoms with van der Waals surface area (Å²) in [5, 5.41) is 0. The van der Waals surface area contributed by atoms with Crippen molar-refractivity contribution in [3.05, 3.63) is 0 Å². The van der Waals surface area contributed by atoms with E-state index < -0.39 is 0 Å². The van der Waals surface area contributed by atoms with E-state index in [1.54, 1.807) is 12.8 Å². The van der Waals surface area contributed by atoms with Gasteiger partial charge in [0.25, 0.3) is 0 Å². The highest BCUT2D eigenvalue weighted by Gasteiger charge is 2.42. The van der Waals surface area contributed by atoms with Crippen LogP contribution < -0.4 is 0 Å². The zero-order chi connectivity index (χ0) is 12.0. The Hall–Kier alpha value is 0.860. The van der Waals surface area contributed by atoms with Gasteiger partial charge in [-0.3, -0.25) is 0 Å². The van der Waals surface area contributed by atoms with Gasteiger partial charge >= 0.3 is 0 Å². The topological polar surface area (TPSA) is 0 Å². The summed E-state index contributed by atoms with van der Waals surface area (Å²) in [7, 11) is 0.638. The molecule has 16 heavy (non-hydrogen) atoms. The van der Waals surface area contributed by atoms with Crippen LogP contribution in [0.25, 0.3) is 0 Å². The van der Waals surface area contributed by atoms with Gasteiger partial charge in [-0.05, 0) is 37.5 Å². The average molecular weight is 260 g/mol.